The van der Waals surface area contributed by atoms with Gasteiger partial charge in [0, 0.05) is 22.4 Å². The second-order valence-corrected chi connectivity index (χ2v) is 5.27. The van der Waals surface area contributed by atoms with Gasteiger partial charge < -0.3 is 10.2 Å². The molecule has 0 aliphatic carbocycles. The average molecular weight is 347 g/mol. The molecule has 0 aliphatic rings. The van der Waals surface area contributed by atoms with E-state index in [4.69, 9.17) is 0 Å². The van der Waals surface area contributed by atoms with Crippen LogP contribution in [-0.2, 0) is 9.59 Å². The Morgan fingerprint density at radius 3 is 2.43 bits per heavy atom. The molecule has 0 aliphatic heterocycles. The minimum atomic E-state index is -0.654. The fourth-order valence-corrected chi connectivity index (χ4v) is 2.32. The monoisotopic (exact) mass is 346 g/mol. The molecule has 2 aromatic carbocycles. The fourth-order valence-electron chi connectivity index (χ4n) is 1.92. The predicted molar refractivity (Wildman–Crippen MR) is 87.2 cm³/mol. The molecule has 2 aromatic rings. The second-order valence-electron chi connectivity index (χ2n) is 4.35. The van der Waals surface area contributed by atoms with E-state index >= 15 is 0 Å². The van der Waals surface area contributed by atoms with E-state index in [1.165, 1.54) is 4.90 Å². The standard InChI is InChI=1S/C16H15BrN2O2/c1-2-19(14-9-4-3-5-10-14)16(21)15(20)18-13-8-6-7-12(17)11-13/h3-11H,2H2,1H3,(H,18,20). The molecule has 108 valence electrons. The van der Waals surface area contributed by atoms with E-state index in [0.717, 1.165) is 4.47 Å². The maximum Gasteiger partial charge on any atom is 0.316 e. The number of halogens is 1. The van der Waals surface area contributed by atoms with Crippen LogP contribution < -0.4 is 10.2 Å². The summed E-state index contributed by atoms with van der Waals surface area (Å²) in [5.74, 6) is -1.23. The minimum Gasteiger partial charge on any atom is -0.318 e. The number of anilines is 2. The Hall–Kier alpha value is -2.14. The van der Waals surface area contributed by atoms with E-state index in [0.29, 0.717) is 17.9 Å². The average Bonchev–Trinajstić information content (AvgIpc) is 2.49. The van der Waals surface area contributed by atoms with Crippen molar-refractivity contribution in [2.24, 2.45) is 0 Å². The third kappa shape index (κ3) is 3.92. The van der Waals surface area contributed by atoms with Crippen molar-refractivity contribution in [1.29, 1.82) is 0 Å². The molecule has 5 heteroatoms. The van der Waals surface area contributed by atoms with Gasteiger partial charge >= 0.3 is 11.8 Å². The van der Waals surface area contributed by atoms with Crippen LogP contribution in [0.15, 0.2) is 59.1 Å². The maximum atomic E-state index is 12.3. The van der Waals surface area contributed by atoms with Crippen molar-refractivity contribution in [3.05, 3.63) is 59.1 Å². The fraction of sp³-hybridized carbons (Fsp3) is 0.125. The van der Waals surface area contributed by atoms with Gasteiger partial charge in [-0.2, -0.15) is 0 Å². The molecular formula is C16H15BrN2O2. The molecule has 0 unspecified atom stereocenters. The first-order valence-corrected chi connectivity index (χ1v) is 7.34. The summed E-state index contributed by atoms with van der Waals surface area (Å²) in [6.07, 6.45) is 0. The highest BCUT2D eigenvalue weighted by molar-refractivity contribution is 9.10. The van der Waals surface area contributed by atoms with Crippen LogP contribution >= 0.6 is 15.9 Å². The van der Waals surface area contributed by atoms with Gasteiger partial charge in [-0.05, 0) is 37.3 Å². The second kappa shape index (κ2) is 7.04. The molecule has 2 amide bonds. The van der Waals surface area contributed by atoms with Gasteiger partial charge in [-0.25, -0.2) is 0 Å². The summed E-state index contributed by atoms with van der Waals surface area (Å²) in [5, 5.41) is 2.61. The zero-order valence-electron chi connectivity index (χ0n) is 11.5. The number of carbonyl (C=O) groups excluding carboxylic acids is 2. The molecule has 0 saturated heterocycles. The number of likely N-dealkylation sites (N-methyl/N-ethyl adjacent to an activating group) is 1. The normalized spacial score (nSPS) is 10.0. The van der Waals surface area contributed by atoms with Crippen LogP contribution in [0.2, 0.25) is 0 Å². The molecule has 21 heavy (non-hydrogen) atoms. The first-order chi connectivity index (χ1) is 10.1. The minimum absolute atomic E-state index is 0.425. The summed E-state index contributed by atoms with van der Waals surface area (Å²) in [6.45, 7) is 2.26. The third-order valence-electron chi connectivity index (χ3n) is 2.91. The summed E-state index contributed by atoms with van der Waals surface area (Å²) in [5.41, 5.74) is 1.28. The summed E-state index contributed by atoms with van der Waals surface area (Å²) in [6, 6.07) is 16.2. The number of para-hydroxylation sites is 1. The lowest BCUT2D eigenvalue weighted by Crippen LogP contribution is -2.39. The zero-order chi connectivity index (χ0) is 15.2. The van der Waals surface area contributed by atoms with Gasteiger partial charge in [-0.1, -0.05) is 40.2 Å². The maximum absolute atomic E-state index is 12.3. The van der Waals surface area contributed by atoms with Gasteiger partial charge in [0.2, 0.25) is 0 Å². The zero-order valence-corrected chi connectivity index (χ0v) is 13.1. The van der Waals surface area contributed by atoms with Crippen LogP contribution in [0, 0.1) is 0 Å². The Morgan fingerprint density at radius 2 is 1.81 bits per heavy atom. The number of benzene rings is 2. The van der Waals surface area contributed by atoms with Crippen molar-refractivity contribution < 1.29 is 9.59 Å². The number of rotatable bonds is 3. The Bertz CT molecular complexity index is 644. The number of nitrogens with zero attached hydrogens (tertiary/aromatic N) is 1. The molecule has 0 saturated carbocycles. The molecule has 0 heterocycles. The van der Waals surface area contributed by atoms with E-state index in [-0.39, 0.29) is 0 Å². The molecule has 0 aromatic heterocycles. The van der Waals surface area contributed by atoms with Gasteiger partial charge in [-0.15, -0.1) is 0 Å². The first kappa shape index (κ1) is 15.3. The highest BCUT2D eigenvalue weighted by Crippen LogP contribution is 2.17. The van der Waals surface area contributed by atoms with Crippen molar-refractivity contribution in [1.82, 2.24) is 0 Å². The van der Waals surface area contributed by atoms with Crippen molar-refractivity contribution in [3.63, 3.8) is 0 Å². The van der Waals surface area contributed by atoms with Gasteiger partial charge in [0.05, 0.1) is 0 Å². The predicted octanol–water partition coefficient (Wildman–Crippen LogP) is 3.44. The smallest absolute Gasteiger partial charge is 0.316 e. The van der Waals surface area contributed by atoms with Crippen LogP contribution in [0.5, 0.6) is 0 Å². The third-order valence-corrected chi connectivity index (χ3v) is 3.40. The first-order valence-electron chi connectivity index (χ1n) is 6.55. The molecule has 0 radical (unpaired) electrons. The summed E-state index contributed by atoms with van der Waals surface area (Å²) in [4.78, 5) is 25.8. The van der Waals surface area contributed by atoms with E-state index in [2.05, 4.69) is 21.2 Å². The van der Waals surface area contributed by atoms with Crippen LogP contribution in [0.3, 0.4) is 0 Å². The Morgan fingerprint density at radius 1 is 1.10 bits per heavy atom. The number of amides is 2. The molecule has 4 nitrogen and oxygen atoms in total. The Labute approximate surface area is 131 Å². The molecule has 0 atom stereocenters. The van der Waals surface area contributed by atoms with Gasteiger partial charge in [0.1, 0.15) is 0 Å². The van der Waals surface area contributed by atoms with E-state index < -0.39 is 11.8 Å². The number of nitrogens with one attached hydrogen (secondary N) is 1. The Kier molecular flexibility index (Phi) is 5.11. The molecule has 0 spiro atoms. The van der Waals surface area contributed by atoms with Gasteiger partial charge in [-0.3, -0.25) is 9.59 Å². The number of carbonyl (C=O) groups is 2. The van der Waals surface area contributed by atoms with E-state index in [9.17, 15) is 9.59 Å². The van der Waals surface area contributed by atoms with Crippen LogP contribution in [0.25, 0.3) is 0 Å². The highest BCUT2D eigenvalue weighted by atomic mass is 79.9. The van der Waals surface area contributed by atoms with E-state index in [1.807, 2.05) is 31.2 Å². The number of hydrogen-bond acceptors (Lipinski definition) is 2. The topological polar surface area (TPSA) is 49.4 Å². The molecule has 2 rings (SSSR count). The van der Waals surface area contributed by atoms with Crippen molar-refractivity contribution in [2.45, 2.75) is 6.92 Å². The van der Waals surface area contributed by atoms with Crippen LogP contribution in [-0.4, -0.2) is 18.4 Å². The highest BCUT2D eigenvalue weighted by Gasteiger charge is 2.21. The molecular weight excluding hydrogens is 332 g/mol. The van der Waals surface area contributed by atoms with Gasteiger partial charge in [0.25, 0.3) is 0 Å². The van der Waals surface area contributed by atoms with Crippen LogP contribution in [0.1, 0.15) is 6.92 Å². The largest absolute Gasteiger partial charge is 0.318 e. The quantitative estimate of drug-likeness (QED) is 0.865. The molecule has 0 fully saturated rings. The summed E-state index contributed by atoms with van der Waals surface area (Å²) < 4.78 is 0.836. The lowest BCUT2D eigenvalue weighted by Gasteiger charge is -2.20. The summed E-state index contributed by atoms with van der Waals surface area (Å²) >= 11 is 3.32. The van der Waals surface area contributed by atoms with Crippen LogP contribution in [0.4, 0.5) is 11.4 Å². The lowest BCUT2D eigenvalue weighted by molar-refractivity contribution is -0.134. The van der Waals surface area contributed by atoms with Crippen molar-refractivity contribution in [3.8, 4) is 0 Å². The number of hydrogen-bond donors (Lipinski definition) is 1. The Balaban J connectivity index is 2.13. The van der Waals surface area contributed by atoms with Crippen molar-refractivity contribution >= 4 is 39.1 Å². The SMILES string of the molecule is CCN(C(=O)C(=O)Nc1cccc(Br)c1)c1ccccc1. The lowest BCUT2D eigenvalue weighted by atomic mass is 10.2. The van der Waals surface area contributed by atoms with Gasteiger partial charge in [0.15, 0.2) is 0 Å². The molecule has 0 bridgehead atoms. The molecule has 1 N–H and O–H groups in total. The van der Waals surface area contributed by atoms with Crippen molar-refractivity contribution in [2.75, 3.05) is 16.8 Å². The summed E-state index contributed by atoms with van der Waals surface area (Å²) in [7, 11) is 0. The van der Waals surface area contributed by atoms with E-state index in [1.54, 1.807) is 30.3 Å².